The fourth-order valence-corrected chi connectivity index (χ4v) is 3.55. The Kier molecular flexibility index (Phi) is 6.49. The van der Waals surface area contributed by atoms with Crippen LogP contribution in [0.4, 0.5) is 0 Å². The number of nitrogens with zero attached hydrogens (tertiary/aromatic N) is 2. The van der Waals surface area contributed by atoms with Gasteiger partial charge in [0.05, 0.1) is 11.3 Å². The Labute approximate surface area is 171 Å². The number of carbonyl (C=O) groups excluding carboxylic acids is 1. The molecule has 1 amide bonds. The Balaban J connectivity index is 0.00000225. The number of carbonyl (C=O) groups is 1. The normalized spacial score (nSPS) is 18.9. The van der Waals surface area contributed by atoms with Gasteiger partial charge in [-0.3, -0.25) is 4.79 Å². The molecule has 0 saturated carbocycles. The zero-order chi connectivity index (χ0) is 18.6. The lowest BCUT2D eigenvalue weighted by molar-refractivity contribution is 0.0920. The third-order valence-corrected chi connectivity index (χ3v) is 5.11. The van der Waals surface area contributed by atoms with Crippen LogP contribution >= 0.6 is 12.4 Å². The second-order valence-electron chi connectivity index (χ2n) is 7.00. The molecule has 0 aliphatic carbocycles. The molecule has 1 aliphatic heterocycles. The molecule has 1 saturated heterocycles. The average molecular weight is 397 g/mol. The van der Waals surface area contributed by atoms with Crippen LogP contribution in [0.2, 0.25) is 0 Å². The summed E-state index contributed by atoms with van der Waals surface area (Å²) in [6, 6.07) is 20.1. The van der Waals surface area contributed by atoms with Crippen LogP contribution < -0.4 is 10.6 Å². The van der Waals surface area contributed by atoms with Crippen molar-refractivity contribution >= 4 is 18.3 Å². The molecule has 4 rings (SSSR count). The minimum Gasteiger partial charge on any atom is -0.348 e. The highest BCUT2D eigenvalue weighted by atomic mass is 35.5. The standard InChI is InChI=1S/C22H24N4O.ClH/c1-16-20(13-8-14-23-16)24-22(27)19-15-26(18-11-6-3-7-12-18)25-21(19)17-9-4-2-5-10-17;/h2-7,9-12,15-16,20,23H,8,13-14H2,1H3,(H,24,27);1H. The van der Waals surface area contributed by atoms with Crippen LogP contribution in [-0.2, 0) is 0 Å². The Morgan fingerprint density at radius 2 is 1.79 bits per heavy atom. The Morgan fingerprint density at radius 1 is 1.11 bits per heavy atom. The van der Waals surface area contributed by atoms with Crippen LogP contribution in [0.15, 0.2) is 66.9 Å². The molecular weight excluding hydrogens is 372 g/mol. The molecule has 146 valence electrons. The molecule has 2 N–H and O–H groups in total. The van der Waals surface area contributed by atoms with Crippen molar-refractivity contribution in [1.82, 2.24) is 20.4 Å². The first-order chi connectivity index (χ1) is 13.2. The lowest BCUT2D eigenvalue weighted by Gasteiger charge is -2.30. The fourth-order valence-electron chi connectivity index (χ4n) is 3.55. The fraction of sp³-hybridized carbons (Fsp3) is 0.273. The number of nitrogens with one attached hydrogen (secondary N) is 2. The molecule has 0 radical (unpaired) electrons. The van der Waals surface area contributed by atoms with Crippen LogP contribution in [0.25, 0.3) is 16.9 Å². The zero-order valence-electron chi connectivity index (χ0n) is 15.8. The van der Waals surface area contributed by atoms with Crippen molar-refractivity contribution in [2.75, 3.05) is 6.54 Å². The molecule has 1 fully saturated rings. The maximum Gasteiger partial charge on any atom is 0.255 e. The van der Waals surface area contributed by atoms with E-state index in [0.29, 0.717) is 11.3 Å². The van der Waals surface area contributed by atoms with E-state index >= 15 is 0 Å². The van der Waals surface area contributed by atoms with E-state index in [1.54, 1.807) is 4.68 Å². The average Bonchev–Trinajstić information content (AvgIpc) is 3.17. The van der Waals surface area contributed by atoms with E-state index in [2.05, 4.69) is 17.6 Å². The van der Waals surface area contributed by atoms with Gasteiger partial charge in [-0.1, -0.05) is 48.5 Å². The molecule has 5 nitrogen and oxygen atoms in total. The monoisotopic (exact) mass is 396 g/mol. The summed E-state index contributed by atoms with van der Waals surface area (Å²) in [6.45, 7) is 3.13. The molecule has 0 bridgehead atoms. The van der Waals surface area contributed by atoms with Gasteiger partial charge in [-0.25, -0.2) is 4.68 Å². The van der Waals surface area contributed by atoms with E-state index in [1.165, 1.54) is 0 Å². The molecule has 0 spiro atoms. The first-order valence-electron chi connectivity index (χ1n) is 9.47. The Bertz CT molecular complexity index is 911. The Morgan fingerprint density at radius 3 is 2.46 bits per heavy atom. The van der Waals surface area contributed by atoms with Crippen LogP contribution in [0.1, 0.15) is 30.1 Å². The van der Waals surface area contributed by atoms with E-state index < -0.39 is 0 Å². The topological polar surface area (TPSA) is 58.9 Å². The molecule has 2 atom stereocenters. The summed E-state index contributed by atoms with van der Waals surface area (Å²) in [5, 5.41) is 11.4. The van der Waals surface area contributed by atoms with Crippen LogP contribution in [0.3, 0.4) is 0 Å². The number of hydrogen-bond acceptors (Lipinski definition) is 3. The number of amides is 1. The maximum atomic E-state index is 13.1. The van der Waals surface area contributed by atoms with E-state index in [-0.39, 0.29) is 30.4 Å². The summed E-state index contributed by atoms with van der Waals surface area (Å²) >= 11 is 0. The summed E-state index contributed by atoms with van der Waals surface area (Å²) < 4.78 is 1.78. The van der Waals surface area contributed by atoms with Gasteiger partial charge < -0.3 is 10.6 Å². The highest BCUT2D eigenvalue weighted by Gasteiger charge is 2.25. The van der Waals surface area contributed by atoms with Crippen LogP contribution in [-0.4, -0.2) is 34.3 Å². The summed E-state index contributed by atoms with van der Waals surface area (Å²) in [4.78, 5) is 13.1. The van der Waals surface area contributed by atoms with Crippen molar-refractivity contribution in [3.8, 4) is 16.9 Å². The van der Waals surface area contributed by atoms with Crippen molar-refractivity contribution in [2.45, 2.75) is 31.8 Å². The SMILES string of the molecule is CC1NCCCC1NC(=O)c1cn(-c2ccccc2)nc1-c1ccccc1.Cl. The molecule has 28 heavy (non-hydrogen) atoms. The molecule has 2 aromatic carbocycles. The van der Waals surface area contributed by atoms with Gasteiger partial charge >= 0.3 is 0 Å². The number of piperidine rings is 1. The van der Waals surface area contributed by atoms with Crippen LogP contribution in [0, 0.1) is 0 Å². The molecule has 3 aromatic rings. The number of halogens is 1. The lowest BCUT2D eigenvalue weighted by atomic mass is 9.99. The van der Waals surface area contributed by atoms with Gasteiger partial charge in [0.2, 0.25) is 0 Å². The van der Waals surface area contributed by atoms with Gasteiger partial charge in [-0.15, -0.1) is 12.4 Å². The minimum atomic E-state index is -0.0726. The predicted octanol–water partition coefficient (Wildman–Crippen LogP) is 3.83. The number of aromatic nitrogens is 2. The van der Waals surface area contributed by atoms with Gasteiger partial charge in [0.1, 0.15) is 5.69 Å². The van der Waals surface area contributed by atoms with E-state index in [1.807, 2.05) is 66.9 Å². The van der Waals surface area contributed by atoms with E-state index in [0.717, 1.165) is 30.6 Å². The first-order valence-corrected chi connectivity index (χ1v) is 9.47. The highest BCUT2D eigenvalue weighted by molar-refractivity contribution is 6.00. The smallest absolute Gasteiger partial charge is 0.255 e. The highest BCUT2D eigenvalue weighted by Crippen LogP contribution is 2.24. The lowest BCUT2D eigenvalue weighted by Crippen LogP contribution is -2.51. The first kappa shape index (κ1) is 20.1. The van der Waals surface area contributed by atoms with Crippen molar-refractivity contribution in [2.24, 2.45) is 0 Å². The summed E-state index contributed by atoms with van der Waals surface area (Å²) in [5.74, 6) is -0.0726. The molecular formula is C22H25ClN4O. The van der Waals surface area contributed by atoms with Crippen molar-refractivity contribution in [1.29, 1.82) is 0 Å². The molecule has 2 heterocycles. The molecule has 2 unspecified atom stereocenters. The van der Waals surface area contributed by atoms with Gasteiger partial charge in [-0.05, 0) is 38.4 Å². The summed E-state index contributed by atoms with van der Waals surface area (Å²) in [7, 11) is 0. The molecule has 1 aromatic heterocycles. The number of para-hydroxylation sites is 1. The van der Waals surface area contributed by atoms with E-state index in [4.69, 9.17) is 5.10 Å². The number of rotatable bonds is 4. The number of hydrogen-bond donors (Lipinski definition) is 2. The predicted molar refractivity (Wildman–Crippen MR) is 114 cm³/mol. The summed E-state index contributed by atoms with van der Waals surface area (Å²) in [5.41, 5.74) is 3.17. The van der Waals surface area contributed by atoms with Gasteiger partial charge in [0.25, 0.3) is 5.91 Å². The molecule has 6 heteroatoms. The van der Waals surface area contributed by atoms with Crippen molar-refractivity contribution in [3.63, 3.8) is 0 Å². The third kappa shape index (κ3) is 4.26. The number of benzene rings is 2. The van der Waals surface area contributed by atoms with Gasteiger partial charge in [-0.2, -0.15) is 5.10 Å². The van der Waals surface area contributed by atoms with Gasteiger partial charge in [0, 0.05) is 23.8 Å². The second-order valence-corrected chi connectivity index (χ2v) is 7.00. The van der Waals surface area contributed by atoms with Crippen molar-refractivity contribution in [3.05, 3.63) is 72.4 Å². The quantitative estimate of drug-likeness (QED) is 0.704. The largest absolute Gasteiger partial charge is 0.348 e. The summed E-state index contributed by atoms with van der Waals surface area (Å²) in [6.07, 6.45) is 3.89. The Hall–Kier alpha value is -2.63. The maximum absolute atomic E-state index is 13.1. The molecule has 1 aliphatic rings. The van der Waals surface area contributed by atoms with Crippen molar-refractivity contribution < 1.29 is 4.79 Å². The van der Waals surface area contributed by atoms with Crippen LogP contribution in [0.5, 0.6) is 0 Å². The van der Waals surface area contributed by atoms with Gasteiger partial charge in [0.15, 0.2) is 0 Å². The minimum absolute atomic E-state index is 0. The zero-order valence-corrected chi connectivity index (χ0v) is 16.7. The third-order valence-electron chi connectivity index (χ3n) is 5.11. The second kappa shape index (κ2) is 9.04. The van der Waals surface area contributed by atoms with E-state index in [9.17, 15) is 4.79 Å².